The highest BCUT2D eigenvalue weighted by molar-refractivity contribution is 7.87. The molecule has 0 radical (unpaired) electrons. The van der Waals surface area contributed by atoms with Crippen LogP contribution in [0.4, 0.5) is 14.5 Å². The lowest BCUT2D eigenvalue weighted by Gasteiger charge is -2.29. The molecule has 2 atom stereocenters. The van der Waals surface area contributed by atoms with Gasteiger partial charge in [-0.1, -0.05) is 19.1 Å². The molecule has 1 aliphatic carbocycles. The van der Waals surface area contributed by atoms with Crippen LogP contribution in [0, 0.1) is 5.92 Å². The Balaban J connectivity index is 1.44. The molecule has 206 valence electrons. The van der Waals surface area contributed by atoms with Gasteiger partial charge in [0.05, 0.1) is 5.70 Å². The molecule has 0 spiro atoms. The fraction of sp³-hybridized carbons (Fsp3) is 0.333. The smallest absolute Gasteiger partial charge is 0.301 e. The van der Waals surface area contributed by atoms with Crippen molar-refractivity contribution in [3.05, 3.63) is 72.0 Å². The third kappa shape index (κ3) is 5.32. The van der Waals surface area contributed by atoms with Crippen molar-refractivity contribution in [1.82, 2.24) is 24.3 Å². The molecule has 0 amide bonds. The number of hydrogen-bond donors (Lipinski definition) is 3. The summed E-state index contributed by atoms with van der Waals surface area (Å²) in [6.07, 6.45) is 3.07. The van der Waals surface area contributed by atoms with Gasteiger partial charge in [0.1, 0.15) is 23.6 Å². The molecule has 2 aromatic heterocycles. The first-order valence-electron chi connectivity index (χ1n) is 12.7. The standard InChI is InChI=1S/C27H30F2N6O3S/c1-3-34(2)39(37,38)33-23-9-8-22(28)24(25(23)29)26(36)21-16-32-27-20(21)14-18(15-31-27)17-4-6-19(7-5-17)35-12-10-30-11-13-35/h4-9,14-16,22,24,30,33H,3,10-13H2,1-2H3,(H,31,32). The average Bonchev–Trinajstić information content (AvgIpc) is 3.38. The molecule has 1 aliphatic heterocycles. The van der Waals surface area contributed by atoms with E-state index in [1.807, 2.05) is 24.3 Å². The van der Waals surface area contributed by atoms with Gasteiger partial charge in [0.2, 0.25) is 0 Å². The van der Waals surface area contributed by atoms with Gasteiger partial charge in [-0.15, -0.1) is 0 Å². The monoisotopic (exact) mass is 556 g/mol. The molecule has 0 saturated carbocycles. The number of H-pyrrole nitrogens is 1. The van der Waals surface area contributed by atoms with E-state index in [4.69, 9.17) is 0 Å². The number of nitrogens with one attached hydrogen (secondary N) is 3. The van der Waals surface area contributed by atoms with Gasteiger partial charge in [-0.05, 0) is 35.9 Å². The minimum absolute atomic E-state index is 0.0720. The van der Waals surface area contributed by atoms with Crippen LogP contribution in [0.5, 0.6) is 0 Å². The second-order valence-electron chi connectivity index (χ2n) is 9.53. The number of aromatic nitrogens is 2. The zero-order chi connectivity index (χ0) is 27.7. The van der Waals surface area contributed by atoms with E-state index in [-0.39, 0.29) is 12.1 Å². The number of carbonyl (C=O) groups is 1. The summed E-state index contributed by atoms with van der Waals surface area (Å²) in [5.74, 6) is -3.82. The van der Waals surface area contributed by atoms with Crippen molar-refractivity contribution in [2.75, 3.05) is 44.7 Å². The molecule has 12 heteroatoms. The number of piperazine rings is 1. The quantitative estimate of drug-likeness (QED) is 0.367. The number of halogens is 2. The van der Waals surface area contributed by atoms with Crippen LogP contribution < -0.4 is 14.9 Å². The highest BCUT2D eigenvalue weighted by Gasteiger charge is 2.38. The van der Waals surface area contributed by atoms with Gasteiger partial charge < -0.3 is 15.2 Å². The van der Waals surface area contributed by atoms with E-state index in [9.17, 15) is 17.6 Å². The Labute approximate surface area is 225 Å². The minimum atomic E-state index is -4.07. The number of nitrogens with zero attached hydrogens (tertiary/aromatic N) is 3. The Bertz CT molecular complexity index is 1550. The molecule has 0 bridgehead atoms. The van der Waals surface area contributed by atoms with E-state index in [1.165, 1.54) is 13.2 Å². The molecule has 3 heterocycles. The molecule has 1 saturated heterocycles. The summed E-state index contributed by atoms with van der Waals surface area (Å²) in [7, 11) is -2.74. The largest absolute Gasteiger partial charge is 0.369 e. The molecule has 2 aliphatic rings. The summed E-state index contributed by atoms with van der Waals surface area (Å²) in [6, 6.07) is 9.79. The predicted molar refractivity (Wildman–Crippen MR) is 147 cm³/mol. The Morgan fingerprint density at radius 3 is 2.62 bits per heavy atom. The zero-order valence-electron chi connectivity index (χ0n) is 21.6. The number of carbonyl (C=O) groups excluding carboxylic acids is 1. The van der Waals surface area contributed by atoms with Crippen molar-refractivity contribution in [3.8, 4) is 11.1 Å². The van der Waals surface area contributed by atoms with Crippen molar-refractivity contribution in [1.29, 1.82) is 0 Å². The van der Waals surface area contributed by atoms with Gasteiger partial charge in [-0.2, -0.15) is 12.7 Å². The number of aromatic amines is 1. The van der Waals surface area contributed by atoms with Crippen LogP contribution in [-0.2, 0) is 10.2 Å². The van der Waals surface area contributed by atoms with Crippen molar-refractivity contribution < 1.29 is 22.0 Å². The number of allylic oxidation sites excluding steroid dienone is 3. The molecule has 3 N–H and O–H groups in total. The summed E-state index contributed by atoms with van der Waals surface area (Å²) in [5, 5.41) is 3.75. The molecule has 3 aromatic rings. The Kier molecular flexibility index (Phi) is 7.52. The lowest BCUT2D eigenvalue weighted by molar-refractivity contribution is 0.0877. The fourth-order valence-electron chi connectivity index (χ4n) is 4.74. The maximum Gasteiger partial charge on any atom is 0.301 e. The number of pyridine rings is 1. The third-order valence-electron chi connectivity index (χ3n) is 7.15. The van der Waals surface area contributed by atoms with Gasteiger partial charge in [-0.3, -0.25) is 9.52 Å². The van der Waals surface area contributed by atoms with E-state index >= 15 is 4.39 Å². The number of ketones is 1. The van der Waals surface area contributed by atoms with Crippen molar-refractivity contribution >= 4 is 32.7 Å². The summed E-state index contributed by atoms with van der Waals surface area (Å²) in [4.78, 5) is 23.1. The Hall–Kier alpha value is -3.61. The third-order valence-corrected chi connectivity index (χ3v) is 8.71. The molecule has 5 rings (SSSR count). The highest BCUT2D eigenvalue weighted by atomic mass is 32.2. The van der Waals surface area contributed by atoms with Crippen molar-refractivity contribution in [3.63, 3.8) is 0 Å². The molecular weight excluding hydrogens is 526 g/mol. The van der Waals surface area contributed by atoms with Crippen LogP contribution in [0.2, 0.25) is 0 Å². The van der Waals surface area contributed by atoms with E-state index in [0.717, 1.165) is 59.5 Å². The number of rotatable bonds is 8. The van der Waals surface area contributed by atoms with Crippen LogP contribution in [0.3, 0.4) is 0 Å². The minimum Gasteiger partial charge on any atom is -0.369 e. The van der Waals surface area contributed by atoms with Crippen LogP contribution in [0.1, 0.15) is 17.3 Å². The predicted octanol–water partition coefficient (Wildman–Crippen LogP) is 3.31. The number of Topliss-reactive ketones (excluding diaryl/α,β-unsaturated/α-hetero) is 1. The zero-order valence-corrected chi connectivity index (χ0v) is 22.4. The Morgan fingerprint density at radius 2 is 1.92 bits per heavy atom. The van der Waals surface area contributed by atoms with E-state index in [0.29, 0.717) is 11.0 Å². The molecule has 1 fully saturated rings. The van der Waals surface area contributed by atoms with Crippen LogP contribution in [0.25, 0.3) is 22.2 Å². The molecular formula is C27H30F2N6O3S. The lowest BCUT2D eigenvalue weighted by Crippen LogP contribution is -2.43. The first kappa shape index (κ1) is 27.0. The van der Waals surface area contributed by atoms with Gasteiger partial charge in [-0.25, -0.2) is 13.8 Å². The number of benzene rings is 1. The first-order chi connectivity index (χ1) is 18.7. The summed E-state index contributed by atoms with van der Waals surface area (Å²) in [5.41, 5.74) is 2.75. The van der Waals surface area contributed by atoms with Gasteiger partial charge in [0.25, 0.3) is 0 Å². The lowest BCUT2D eigenvalue weighted by atomic mass is 9.88. The SMILES string of the molecule is CCN(C)S(=O)(=O)NC1=C(F)C(C(=O)c2c[nH]c3ncc(-c4ccc(N5CCNCC5)cc4)cc23)C(F)C=C1. The average molecular weight is 557 g/mol. The Morgan fingerprint density at radius 1 is 1.21 bits per heavy atom. The van der Waals surface area contributed by atoms with E-state index in [1.54, 1.807) is 19.2 Å². The summed E-state index contributed by atoms with van der Waals surface area (Å²) < 4.78 is 58.2. The fourth-order valence-corrected chi connectivity index (χ4v) is 5.68. The highest BCUT2D eigenvalue weighted by Crippen LogP contribution is 2.34. The summed E-state index contributed by atoms with van der Waals surface area (Å²) in [6.45, 7) is 5.48. The maximum absolute atomic E-state index is 15.4. The first-order valence-corrected chi connectivity index (χ1v) is 14.2. The van der Waals surface area contributed by atoms with Crippen LogP contribution >= 0.6 is 0 Å². The molecule has 2 unspecified atom stereocenters. The second kappa shape index (κ2) is 10.9. The molecule has 9 nitrogen and oxygen atoms in total. The number of fused-ring (bicyclic) bond motifs is 1. The second-order valence-corrected chi connectivity index (χ2v) is 11.3. The van der Waals surface area contributed by atoms with E-state index < -0.39 is 39.6 Å². The van der Waals surface area contributed by atoms with Crippen molar-refractivity contribution in [2.45, 2.75) is 13.1 Å². The topological polar surface area (TPSA) is 110 Å². The van der Waals surface area contributed by atoms with Gasteiger partial charge in [0.15, 0.2) is 5.78 Å². The van der Waals surface area contributed by atoms with Gasteiger partial charge in [0, 0.05) is 74.4 Å². The van der Waals surface area contributed by atoms with Gasteiger partial charge >= 0.3 is 10.2 Å². The number of hydrogen-bond acceptors (Lipinski definition) is 6. The molecule has 39 heavy (non-hydrogen) atoms. The van der Waals surface area contributed by atoms with Crippen molar-refractivity contribution in [2.24, 2.45) is 5.92 Å². The maximum atomic E-state index is 15.4. The normalized spacial score (nSPS) is 20.2. The summed E-state index contributed by atoms with van der Waals surface area (Å²) >= 11 is 0. The number of alkyl halides is 1. The van der Waals surface area contributed by atoms with Crippen LogP contribution in [-0.4, -0.2) is 74.4 Å². The van der Waals surface area contributed by atoms with Crippen LogP contribution in [0.15, 0.2) is 66.4 Å². The number of anilines is 1. The van der Waals surface area contributed by atoms with E-state index in [2.05, 4.69) is 24.9 Å². The molecule has 1 aromatic carbocycles.